The van der Waals surface area contributed by atoms with Crippen LogP contribution < -0.4 is 10.2 Å². The molecule has 0 atom stereocenters. The van der Waals surface area contributed by atoms with E-state index in [0.717, 1.165) is 5.56 Å². The number of aromatic carboxylic acids is 1. The molecule has 0 fully saturated rings. The van der Waals surface area contributed by atoms with Crippen molar-refractivity contribution >= 4 is 21.9 Å². The Bertz CT molecular complexity index is 786. The Morgan fingerprint density at radius 3 is 2.44 bits per heavy atom. The molecule has 2 aromatic rings. The van der Waals surface area contributed by atoms with E-state index in [0.29, 0.717) is 0 Å². The third-order valence-electron chi connectivity index (χ3n) is 3.49. The minimum Gasteiger partial charge on any atom is -0.482 e. The van der Waals surface area contributed by atoms with Gasteiger partial charge in [-0.2, -0.15) is 0 Å². The molecule has 0 aliphatic heterocycles. The molecule has 0 bridgehead atoms. The Morgan fingerprint density at radius 2 is 1.88 bits per heavy atom. The number of hydrogen-bond donors (Lipinski definition) is 1. The molecule has 1 N–H and O–H groups in total. The Hall–Kier alpha value is -2.16. The van der Waals surface area contributed by atoms with Gasteiger partial charge in [0.25, 0.3) is 0 Å². The van der Waals surface area contributed by atoms with Gasteiger partial charge in [0.15, 0.2) is 17.7 Å². The number of carboxylic acid groups (broad SMARTS) is 1. The van der Waals surface area contributed by atoms with Gasteiger partial charge in [-0.1, -0.05) is 30.3 Å². The van der Waals surface area contributed by atoms with E-state index in [9.17, 15) is 14.7 Å². The number of carboxylic acids is 1. The lowest BCUT2D eigenvalue weighted by Gasteiger charge is -2.19. The summed E-state index contributed by atoms with van der Waals surface area (Å²) in [5, 5.41) is 9.58. The predicted octanol–water partition coefficient (Wildman–Crippen LogP) is 2.51. The fourth-order valence-corrected chi connectivity index (χ4v) is 2.67. The molecule has 0 aliphatic carbocycles. The smallest absolute Gasteiger partial charge is 0.356 e. The first-order chi connectivity index (χ1) is 12.0. The molecule has 0 unspecified atom stereocenters. The van der Waals surface area contributed by atoms with E-state index in [1.54, 1.807) is 0 Å². The molecular weight excluding hydrogens is 394 g/mol. The van der Waals surface area contributed by atoms with Gasteiger partial charge < -0.3 is 23.9 Å². The van der Waals surface area contributed by atoms with Crippen molar-refractivity contribution in [1.29, 1.82) is 0 Å². The first kappa shape index (κ1) is 19.2. The topological polar surface area (TPSA) is 87.0 Å². The van der Waals surface area contributed by atoms with Crippen LogP contribution in [-0.4, -0.2) is 36.2 Å². The minimum atomic E-state index is -1.28. The van der Waals surface area contributed by atoms with Crippen LogP contribution in [0.3, 0.4) is 0 Å². The highest BCUT2D eigenvalue weighted by atomic mass is 79.9. The van der Waals surface area contributed by atoms with Crippen molar-refractivity contribution in [2.24, 2.45) is 0 Å². The van der Waals surface area contributed by atoms with Crippen LogP contribution in [0.1, 0.15) is 16.1 Å². The number of benzene rings is 1. The maximum absolute atomic E-state index is 12.4. The second kappa shape index (κ2) is 8.80. The Kier molecular flexibility index (Phi) is 6.74. The lowest BCUT2D eigenvalue weighted by molar-refractivity contribution is -0.111. The molecule has 7 nitrogen and oxygen atoms in total. The van der Waals surface area contributed by atoms with Gasteiger partial charge in [-0.05, 0) is 21.5 Å². The van der Waals surface area contributed by atoms with Gasteiger partial charge in [-0.3, -0.25) is 4.79 Å². The molecule has 0 aliphatic rings. The summed E-state index contributed by atoms with van der Waals surface area (Å²) in [6.07, 6.45) is 0.709. The van der Waals surface area contributed by atoms with Crippen molar-refractivity contribution in [2.75, 3.05) is 14.2 Å². The summed E-state index contributed by atoms with van der Waals surface area (Å²) in [7, 11) is 2.89. The largest absolute Gasteiger partial charge is 0.482 e. The van der Waals surface area contributed by atoms with Gasteiger partial charge in [0, 0.05) is 20.4 Å². The van der Waals surface area contributed by atoms with Crippen molar-refractivity contribution in [2.45, 2.75) is 19.4 Å². The zero-order valence-corrected chi connectivity index (χ0v) is 15.4. The van der Waals surface area contributed by atoms with Crippen LogP contribution in [0, 0.1) is 0 Å². The summed E-state index contributed by atoms with van der Waals surface area (Å²) in [5.74, 6) is -1.52. The van der Waals surface area contributed by atoms with Crippen LogP contribution in [-0.2, 0) is 22.6 Å². The van der Waals surface area contributed by atoms with E-state index < -0.39 is 17.7 Å². The first-order valence-corrected chi connectivity index (χ1v) is 8.15. The maximum Gasteiger partial charge on any atom is 0.356 e. The summed E-state index contributed by atoms with van der Waals surface area (Å²) in [4.78, 5) is 24.1. The predicted molar refractivity (Wildman–Crippen MR) is 93.9 cm³/mol. The van der Waals surface area contributed by atoms with E-state index in [-0.39, 0.29) is 29.1 Å². The molecule has 25 heavy (non-hydrogen) atoms. The Balaban J connectivity index is 2.44. The number of methoxy groups -OCH3 is 2. The van der Waals surface area contributed by atoms with E-state index in [4.69, 9.17) is 14.2 Å². The molecular formula is C17H18BrNO6. The number of carbonyl (C=O) groups is 1. The normalized spacial score (nSPS) is 10.9. The second-order valence-electron chi connectivity index (χ2n) is 5.12. The third kappa shape index (κ3) is 4.68. The van der Waals surface area contributed by atoms with Crippen LogP contribution in [0.25, 0.3) is 0 Å². The molecule has 134 valence electrons. The van der Waals surface area contributed by atoms with Gasteiger partial charge in [-0.25, -0.2) is 4.79 Å². The van der Waals surface area contributed by atoms with Gasteiger partial charge in [0.2, 0.25) is 5.43 Å². The number of pyridine rings is 1. The monoisotopic (exact) mass is 411 g/mol. The van der Waals surface area contributed by atoms with E-state index in [1.165, 1.54) is 25.0 Å². The number of hydrogen-bond acceptors (Lipinski definition) is 5. The highest BCUT2D eigenvalue weighted by Crippen LogP contribution is 2.20. The standard InChI is InChI=1S/C17H18BrNO6/c1-23-13(24-2)9-19-8-12(18)15(20)16(14(19)17(21)22)25-10-11-6-4-3-5-7-11/h3-8,13H,9-10H2,1-2H3,(H,21,22). The van der Waals surface area contributed by atoms with E-state index in [1.807, 2.05) is 30.3 Å². The van der Waals surface area contributed by atoms with Crippen LogP contribution in [0.4, 0.5) is 0 Å². The quantitative estimate of drug-likeness (QED) is 0.671. The molecule has 0 amide bonds. The molecule has 1 aromatic carbocycles. The maximum atomic E-state index is 12.4. The molecule has 8 heteroatoms. The van der Waals surface area contributed by atoms with Gasteiger partial charge >= 0.3 is 5.97 Å². The fourth-order valence-electron chi connectivity index (χ4n) is 2.24. The molecule has 0 saturated carbocycles. The van der Waals surface area contributed by atoms with Crippen molar-refractivity contribution in [1.82, 2.24) is 4.57 Å². The summed E-state index contributed by atoms with van der Waals surface area (Å²) in [6.45, 7) is 0.153. The fraction of sp³-hybridized carbons (Fsp3) is 0.294. The van der Waals surface area contributed by atoms with Crippen LogP contribution in [0.15, 0.2) is 45.8 Å². The number of rotatable bonds is 8. The third-order valence-corrected chi connectivity index (χ3v) is 4.06. The van der Waals surface area contributed by atoms with E-state index >= 15 is 0 Å². The van der Waals surface area contributed by atoms with Crippen LogP contribution in [0.2, 0.25) is 0 Å². The molecule has 1 heterocycles. The molecule has 1 aromatic heterocycles. The first-order valence-electron chi connectivity index (χ1n) is 7.36. The molecule has 0 radical (unpaired) electrons. The number of ether oxygens (including phenoxy) is 3. The van der Waals surface area contributed by atoms with Gasteiger partial charge in [-0.15, -0.1) is 0 Å². The Labute approximate surface area is 152 Å². The summed E-state index contributed by atoms with van der Waals surface area (Å²) in [6, 6.07) is 9.16. The molecule has 0 saturated heterocycles. The number of nitrogens with zero attached hydrogens (tertiary/aromatic N) is 1. The molecule has 2 rings (SSSR count). The minimum absolute atomic E-state index is 0.0742. The van der Waals surface area contributed by atoms with Crippen molar-refractivity contribution in [3.05, 3.63) is 62.5 Å². The van der Waals surface area contributed by atoms with Gasteiger partial charge in [0.05, 0.1) is 11.0 Å². The zero-order valence-electron chi connectivity index (χ0n) is 13.8. The number of halogens is 1. The summed E-state index contributed by atoms with van der Waals surface area (Å²) >= 11 is 3.15. The average Bonchev–Trinajstić information content (AvgIpc) is 2.61. The highest BCUT2D eigenvalue weighted by molar-refractivity contribution is 9.10. The summed E-state index contributed by atoms with van der Waals surface area (Å²) in [5.41, 5.74) is 0.0237. The van der Waals surface area contributed by atoms with Crippen molar-refractivity contribution in [3.63, 3.8) is 0 Å². The molecule has 0 spiro atoms. The lowest BCUT2D eigenvalue weighted by atomic mass is 10.2. The van der Waals surface area contributed by atoms with Crippen molar-refractivity contribution < 1.29 is 24.1 Å². The van der Waals surface area contributed by atoms with Crippen molar-refractivity contribution in [3.8, 4) is 5.75 Å². The summed E-state index contributed by atoms with van der Waals surface area (Å²) < 4.78 is 17.3. The second-order valence-corrected chi connectivity index (χ2v) is 5.97. The SMILES string of the molecule is COC(Cn1cc(Br)c(=O)c(OCc2ccccc2)c1C(=O)O)OC. The number of aromatic nitrogens is 1. The Morgan fingerprint density at radius 1 is 1.24 bits per heavy atom. The van der Waals surface area contributed by atoms with E-state index in [2.05, 4.69) is 15.9 Å². The van der Waals surface area contributed by atoms with Crippen LogP contribution >= 0.6 is 15.9 Å². The highest BCUT2D eigenvalue weighted by Gasteiger charge is 2.23. The van der Waals surface area contributed by atoms with Gasteiger partial charge in [0.1, 0.15) is 6.61 Å². The van der Waals surface area contributed by atoms with Crippen LogP contribution in [0.5, 0.6) is 5.75 Å². The lowest BCUT2D eigenvalue weighted by Crippen LogP contribution is -2.27. The zero-order chi connectivity index (χ0) is 18.4. The average molecular weight is 412 g/mol.